The maximum atomic E-state index is 12.7. The van der Waals surface area contributed by atoms with Gasteiger partial charge in [0.15, 0.2) is 0 Å². The minimum absolute atomic E-state index is 0.129. The van der Waals surface area contributed by atoms with Crippen molar-refractivity contribution in [3.63, 3.8) is 0 Å². The average molecular weight is 462 g/mol. The number of nitrogens with zero attached hydrogens (tertiary/aromatic N) is 5. The standard InChI is InChI=1S/C26H31N5O3/c1-33-23-10-8-22(9-11-23)30-16-18-31(19-17-30)25(32)13-12-24-27-26(28-34-24)20-4-6-21(7-5-20)29-14-2-3-15-29/h4-11H,2-3,12-19H2,1H3. The van der Waals surface area contributed by atoms with Crippen LogP contribution in [-0.2, 0) is 11.2 Å². The largest absolute Gasteiger partial charge is 0.497 e. The number of hydrogen-bond acceptors (Lipinski definition) is 7. The Kier molecular flexibility index (Phi) is 6.65. The van der Waals surface area contributed by atoms with Gasteiger partial charge in [-0.1, -0.05) is 5.16 Å². The van der Waals surface area contributed by atoms with Crippen LogP contribution in [0.4, 0.5) is 11.4 Å². The molecule has 0 aliphatic carbocycles. The van der Waals surface area contributed by atoms with E-state index in [1.807, 2.05) is 29.2 Å². The number of benzene rings is 2. The van der Waals surface area contributed by atoms with Gasteiger partial charge in [0, 0.05) is 69.0 Å². The maximum absolute atomic E-state index is 12.7. The molecule has 0 radical (unpaired) electrons. The maximum Gasteiger partial charge on any atom is 0.227 e. The highest BCUT2D eigenvalue weighted by atomic mass is 16.5. The Balaban J connectivity index is 1.10. The first-order valence-corrected chi connectivity index (χ1v) is 12.0. The van der Waals surface area contributed by atoms with E-state index in [4.69, 9.17) is 9.26 Å². The lowest BCUT2D eigenvalue weighted by atomic mass is 10.2. The number of anilines is 2. The molecule has 34 heavy (non-hydrogen) atoms. The number of carbonyl (C=O) groups excluding carboxylic acids is 1. The molecule has 0 atom stereocenters. The van der Waals surface area contributed by atoms with Crippen LogP contribution in [0, 0.1) is 0 Å². The van der Waals surface area contributed by atoms with Crippen molar-refractivity contribution in [2.75, 3.05) is 56.2 Å². The van der Waals surface area contributed by atoms with Crippen LogP contribution in [0.25, 0.3) is 11.4 Å². The third kappa shape index (κ3) is 5.00. The second kappa shape index (κ2) is 10.2. The van der Waals surface area contributed by atoms with E-state index in [1.165, 1.54) is 18.5 Å². The highest BCUT2D eigenvalue weighted by molar-refractivity contribution is 5.76. The van der Waals surface area contributed by atoms with Crippen LogP contribution in [0.3, 0.4) is 0 Å². The minimum atomic E-state index is 0.129. The summed E-state index contributed by atoms with van der Waals surface area (Å²) in [5, 5.41) is 4.12. The van der Waals surface area contributed by atoms with Gasteiger partial charge in [-0.2, -0.15) is 4.98 Å². The summed E-state index contributed by atoms with van der Waals surface area (Å²) in [5.74, 6) is 2.05. The van der Waals surface area contributed by atoms with Crippen molar-refractivity contribution in [2.24, 2.45) is 0 Å². The van der Waals surface area contributed by atoms with Gasteiger partial charge in [0.1, 0.15) is 5.75 Å². The first-order valence-electron chi connectivity index (χ1n) is 12.0. The third-order valence-electron chi connectivity index (χ3n) is 6.69. The fourth-order valence-electron chi connectivity index (χ4n) is 4.65. The molecule has 8 heteroatoms. The first-order chi connectivity index (χ1) is 16.7. The van der Waals surface area contributed by atoms with Crippen molar-refractivity contribution in [1.29, 1.82) is 0 Å². The molecule has 1 aromatic heterocycles. The van der Waals surface area contributed by atoms with Crippen molar-refractivity contribution >= 4 is 17.3 Å². The molecule has 5 rings (SSSR count). The molecule has 3 aromatic rings. The normalized spacial score (nSPS) is 16.2. The van der Waals surface area contributed by atoms with Gasteiger partial charge in [0.25, 0.3) is 0 Å². The third-order valence-corrected chi connectivity index (χ3v) is 6.69. The zero-order chi connectivity index (χ0) is 23.3. The van der Waals surface area contributed by atoms with Crippen LogP contribution >= 0.6 is 0 Å². The molecular weight excluding hydrogens is 430 g/mol. The summed E-state index contributed by atoms with van der Waals surface area (Å²) in [6.07, 6.45) is 3.34. The van der Waals surface area contributed by atoms with Crippen LogP contribution in [-0.4, -0.2) is 67.3 Å². The molecule has 0 unspecified atom stereocenters. The van der Waals surface area contributed by atoms with E-state index in [-0.39, 0.29) is 5.91 Å². The SMILES string of the molecule is COc1ccc(N2CCN(C(=O)CCc3nc(-c4ccc(N5CCCC5)cc4)no3)CC2)cc1. The van der Waals surface area contributed by atoms with Gasteiger partial charge < -0.3 is 24.0 Å². The fraction of sp³-hybridized carbons (Fsp3) is 0.423. The summed E-state index contributed by atoms with van der Waals surface area (Å²) >= 11 is 0. The van der Waals surface area contributed by atoms with Gasteiger partial charge in [-0.05, 0) is 61.4 Å². The van der Waals surface area contributed by atoms with Crippen molar-refractivity contribution in [2.45, 2.75) is 25.7 Å². The highest BCUT2D eigenvalue weighted by Crippen LogP contribution is 2.24. The molecule has 2 fully saturated rings. The Morgan fingerprint density at radius 2 is 1.50 bits per heavy atom. The number of methoxy groups -OCH3 is 1. The second-order valence-electron chi connectivity index (χ2n) is 8.82. The van der Waals surface area contributed by atoms with Crippen LogP contribution in [0.2, 0.25) is 0 Å². The molecule has 2 aliphatic heterocycles. The van der Waals surface area contributed by atoms with Crippen LogP contribution in [0.15, 0.2) is 53.1 Å². The Labute approximate surface area is 200 Å². The molecule has 1 amide bonds. The van der Waals surface area contributed by atoms with Gasteiger partial charge in [-0.3, -0.25) is 4.79 Å². The lowest BCUT2D eigenvalue weighted by Gasteiger charge is -2.36. The van der Waals surface area contributed by atoms with E-state index in [0.717, 1.165) is 43.2 Å². The molecule has 0 bridgehead atoms. The zero-order valence-corrected chi connectivity index (χ0v) is 19.7. The lowest BCUT2D eigenvalue weighted by molar-refractivity contribution is -0.131. The summed E-state index contributed by atoms with van der Waals surface area (Å²) in [4.78, 5) is 23.9. The summed E-state index contributed by atoms with van der Waals surface area (Å²) < 4.78 is 10.6. The summed E-state index contributed by atoms with van der Waals surface area (Å²) in [5.41, 5.74) is 3.32. The Morgan fingerprint density at radius 3 is 2.15 bits per heavy atom. The number of ether oxygens (including phenoxy) is 1. The number of amides is 1. The quantitative estimate of drug-likeness (QED) is 0.532. The number of carbonyl (C=O) groups is 1. The van der Waals surface area contributed by atoms with Crippen molar-refractivity contribution in [1.82, 2.24) is 15.0 Å². The van der Waals surface area contributed by atoms with Gasteiger partial charge in [-0.15, -0.1) is 0 Å². The monoisotopic (exact) mass is 461 g/mol. The van der Waals surface area contributed by atoms with E-state index >= 15 is 0 Å². The van der Waals surface area contributed by atoms with E-state index < -0.39 is 0 Å². The van der Waals surface area contributed by atoms with E-state index in [9.17, 15) is 4.79 Å². The number of rotatable bonds is 7. The Bertz CT molecular complexity index is 1080. The summed E-state index contributed by atoms with van der Waals surface area (Å²) in [7, 11) is 1.67. The van der Waals surface area contributed by atoms with Gasteiger partial charge >= 0.3 is 0 Å². The molecule has 0 N–H and O–H groups in total. The van der Waals surface area contributed by atoms with Crippen LogP contribution < -0.4 is 14.5 Å². The predicted molar refractivity (Wildman–Crippen MR) is 131 cm³/mol. The molecule has 178 valence electrons. The molecular formula is C26H31N5O3. The molecule has 8 nitrogen and oxygen atoms in total. The molecule has 0 spiro atoms. The summed E-state index contributed by atoms with van der Waals surface area (Å²) in [6.45, 7) is 5.30. The molecule has 2 aromatic carbocycles. The topological polar surface area (TPSA) is 74.9 Å². The van der Waals surface area contributed by atoms with Crippen LogP contribution in [0.1, 0.15) is 25.2 Å². The zero-order valence-electron chi connectivity index (χ0n) is 19.7. The van der Waals surface area contributed by atoms with Crippen LogP contribution in [0.5, 0.6) is 5.75 Å². The van der Waals surface area contributed by atoms with Gasteiger partial charge in [0.2, 0.25) is 17.6 Å². The minimum Gasteiger partial charge on any atom is -0.497 e. The Morgan fingerprint density at radius 1 is 0.882 bits per heavy atom. The lowest BCUT2D eigenvalue weighted by Crippen LogP contribution is -2.48. The van der Waals surface area contributed by atoms with E-state index in [1.54, 1.807) is 7.11 Å². The van der Waals surface area contributed by atoms with E-state index in [0.29, 0.717) is 37.6 Å². The Hall–Kier alpha value is -3.55. The van der Waals surface area contributed by atoms with Gasteiger partial charge in [0.05, 0.1) is 7.11 Å². The predicted octanol–water partition coefficient (Wildman–Crippen LogP) is 3.63. The first kappa shape index (κ1) is 22.3. The fourth-order valence-corrected chi connectivity index (χ4v) is 4.65. The average Bonchev–Trinajstić information content (AvgIpc) is 3.60. The van der Waals surface area contributed by atoms with Crippen molar-refractivity contribution < 1.29 is 14.1 Å². The van der Waals surface area contributed by atoms with Crippen molar-refractivity contribution in [3.05, 3.63) is 54.4 Å². The second-order valence-corrected chi connectivity index (χ2v) is 8.82. The summed E-state index contributed by atoms with van der Waals surface area (Å²) in [6, 6.07) is 16.4. The smallest absolute Gasteiger partial charge is 0.227 e. The van der Waals surface area contributed by atoms with E-state index in [2.05, 4.69) is 44.2 Å². The molecule has 2 aliphatic rings. The number of piperazine rings is 1. The molecule has 2 saturated heterocycles. The van der Waals surface area contributed by atoms with Crippen molar-refractivity contribution in [3.8, 4) is 17.1 Å². The number of aryl methyl sites for hydroxylation is 1. The molecule has 3 heterocycles. The highest BCUT2D eigenvalue weighted by Gasteiger charge is 2.22. The molecule has 0 saturated carbocycles. The number of hydrogen-bond donors (Lipinski definition) is 0. The van der Waals surface area contributed by atoms with Gasteiger partial charge in [-0.25, -0.2) is 0 Å². The number of aromatic nitrogens is 2.